The average Bonchev–Trinajstić information content (AvgIpc) is 4.00. The number of carbonyl (C=O) groups excluding carboxylic acids is 2. The Morgan fingerprint density at radius 1 is 0.719 bits per heavy atom. The lowest BCUT2D eigenvalue weighted by Gasteiger charge is -2.14. The van der Waals surface area contributed by atoms with E-state index < -0.39 is 0 Å². The first kappa shape index (κ1) is 48.7. The van der Waals surface area contributed by atoms with Gasteiger partial charge in [-0.2, -0.15) is 0 Å². The van der Waals surface area contributed by atoms with E-state index in [9.17, 15) is 14.7 Å². The van der Waals surface area contributed by atoms with E-state index in [4.69, 9.17) is 28.4 Å². The second kappa shape index (κ2) is 25.0. The number of aliphatic hydroxyl groups excluding tert-OH is 1. The summed E-state index contributed by atoms with van der Waals surface area (Å²) in [5.41, 5.74) is 5.06. The molecule has 0 bridgehead atoms. The summed E-state index contributed by atoms with van der Waals surface area (Å²) in [7, 11) is 0. The van der Waals surface area contributed by atoms with Crippen molar-refractivity contribution in [2.75, 3.05) is 13.2 Å². The number of aliphatic hydroxyl groups is 1. The number of phenolic OH excluding ortho intramolecular Hbond substituents is 1. The monoisotopic (exact) mass is 950 g/mol. The highest BCUT2D eigenvalue weighted by atomic mass is 79.9. The van der Waals surface area contributed by atoms with E-state index in [1.807, 2.05) is 38.1 Å². The third kappa shape index (κ3) is 15.5. The van der Waals surface area contributed by atoms with Crippen molar-refractivity contribution in [1.29, 1.82) is 0 Å². The topological polar surface area (TPSA) is 180 Å². The van der Waals surface area contributed by atoms with E-state index in [0.717, 1.165) is 45.9 Å². The zero-order chi connectivity index (χ0) is 39.7. The molecule has 0 fully saturated rings. The Morgan fingerprint density at radius 3 is 1.51 bits per heavy atom. The van der Waals surface area contributed by atoms with Crippen molar-refractivity contribution in [2.24, 2.45) is 0 Å². The number of halogens is 2. The smallest absolute Gasteiger partial charge is 0.306 e. The fourth-order valence-corrected chi connectivity index (χ4v) is 8.13. The van der Waals surface area contributed by atoms with E-state index in [-0.39, 0.29) is 63.8 Å². The van der Waals surface area contributed by atoms with Gasteiger partial charge in [0, 0.05) is 24.0 Å². The molecule has 6 rings (SSSR count). The van der Waals surface area contributed by atoms with Crippen LogP contribution in [0.5, 0.6) is 11.5 Å². The lowest BCUT2D eigenvalue weighted by molar-refractivity contribution is -0.144. The maximum atomic E-state index is 12.0. The number of aryl methyl sites for hydroxylation is 2. The number of carbonyl (C=O) groups is 2. The molecule has 2 N–H and O–H groups in total. The molecule has 0 unspecified atom stereocenters. The fourth-order valence-electron chi connectivity index (χ4n) is 5.08. The maximum Gasteiger partial charge on any atom is 0.306 e. The summed E-state index contributed by atoms with van der Waals surface area (Å²) < 4.78 is 27.4. The molecule has 0 saturated heterocycles. The number of thiazole rings is 2. The Bertz CT molecular complexity index is 2040. The van der Waals surface area contributed by atoms with Crippen molar-refractivity contribution >= 4 is 66.5 Å². The molecule has 0 spiro atoms. The van der Waals surface area contributed by atoms with Gasteiger partial charge in [0.15, 0.2) is 7.83 Å². The van der Waals surface area contributed by atoms with E-state index in [2.05, 4.69) is 52.1 Å². The Balaban J connectivity index is 0.000000325. The molecule has 0 aliphatic heterocycles. The van der Waals surface area contributed by atoms with Gasteiger partial charge in [-0.25, -0.2) is 9.97 Å². The predicted octanol–water partition coefficient (Wildman–Crippen LogP) is 10.3. The van der Waals surface area contributed by atoms with Gasteiger partial charge in [-0.1, -0.05) is 49.4 Å². The summed E-state index contributed by atoms with van der Waals surface area (Å²) in [6.07, 6.45) is 3.36. The van der Waals surface area contributed by atoms with E-state index >= 15 is 0 Å². The molecule has 0 aliphatic rings. The van der Waals surface area contributed by atoms with Gasteiger partial charge in [-0.3, -0.25) is 9.59 Å². The summed E-state index contributed by atoms with van der Waals surface area (Å²) >= 11 is 9.64. The third-order valence-electron chi connectivity index (χ3n) is 7.81. The van der Waals surface area contributed by atoms with Crippen LogP contribution in [0.3, 0.4) is 0 Å². The molecule has 0 aliphatic carbocycles. The van der Waals surface area contributed by atoms with Crippen molar-refractivity contribution < 1.29 is 43.1 Å². The van der Waals surface area contributed by atoms with Gasteiger partial charge in [-0.15, -0.1) is 22.7 Å². The zero-order valence-corrected chi connectivity index (χ0v) is 35.2. The minimum absolute atomic E-state index is 0. The number of nitrogens with zero attached hydrogens (tertiary/aromatic N) is 4. The van der Waals surface area contributed by atoms with Crippen LogP contribution in [0.4, 0.5) is 0 Å². The number of rotatable bonds is 14. The molecule has 0 amide bonds. The standard InChI is InChI=1S/C19H19BrN2O4S.C14H15NO4.C5H6BrNOS.2CH4/c1-3-24-18(23)10-15(16-8-9-26-22-16)13-4-6-14(7-5-13)25-11-17-12(2)21-19(20)27-17;1-2-18-14(17)9-12(13-7-8-19-15-13)10-3-5-11(16)6-4-10;1-3-4(2-8)9-5(6)7-3;;/h4-9,15H,3,10-11H2,1-2H3;3-8,12,16H,2,9H2,1H3;8H,2H2,1H3;2*1H4/t15-;12-;;;/m00.../s1. The Labute approximate surface area is 357 Å². The quantitative estimate of drug-likeness (QED) is 0.0986. The van der Waals surface area contributed by atoms with Crippen LogP contribution >= 0.6 is 54.5 Å². The molecule has 0 saturated carbocycles. The van der Waals surface area contributed by atoms with Crippen LogP contribution in [0.2, 0.25) is 0 Å². The summed E-state index contributed by atoms with van der Waals surface area (Å²) in [6.45, 7) is 8.65. The molecule has 2 atom stereocenters. The van der Waals surface area contributed by atoms with E-state index in [0.29, 0.717) is 31.2 Å². The number of benzene rings is 2. The van der Waals surface area contributed by atoms with Gasteiger partial charge < -0.3 is 33.5 Å². The number of hydrogen-bond acceptors (Lipinski definition) is 15. The number of ether oxygens (including phenoxy) is 3. The van der Waals surface area contributed by atoms with Crippen LogP contribution < -0.4 is 4.74 Å². The summed E-state index contributed by atoms with van der Waals surface area (Å²) in [6, 6.07) is 17.8. The van der Waals surface area contributed by atoms with Crippen molar-refractivity contribution in [2.45, 2.75) is 80.4 Å². The van der Waals surface area contributed by atoms with E-state index in [1.54, 1.807) is 61.6 Å². The Kier molecular flexibility index (Phi) is 21.4. The van der Waals surface area contributed by atoms with Crippen LogP contribution in [-0.4, -0.2) is 55.6 Å². The van der Waals surface area contributed by atoms with Crippen LogP contribution in [0.15, 0.2) is 90.1 Å². The second-order valence-electron chi connectivity index (χ2n) is 11.5. The Hall–Kier alpha value is -4.42. The fraction of sp³-hybridized carbons (Fsp3) is 0.350. The zero-order valence-electron chi connectivity index (χ0n) is 30.4. The average molecular weight is 953 g/mol. The molecule has 13 nitrogen and oxygen atoms in total. The number of aromatic hydroxyl groups is 1. The molecule has 57 heavy (non-hydrogen) atoms. The highest BCUT2D eigenvalue weighted by Gasteiger charge is 2.23. The first-order chi connectivity index (χ1) is 26.5. The normalized spacial score (nSPS) is 11.3. The number of aromatic nitrogens is 4. The molecular formula is C40H48Br2N4O9S2. The number of hydrogen-bond donors (Lipinski definition) is 2. The SMILES string of the molecule is C.C.CCOC(=O)C[C@@H](c1ccc(O)cc1)c1ccon1.CCOC(=O)C[C@@H](c1ccc(OCc2sc(Br)nc2C)cc1)c1ccon1.Cc1nc(Br)sc1CO. The van der Waals surface area contributed by atoms with Crippen LogP contribution in [0, 0.1) is 13.8 Å². The largest absolute Gasteiger partial charge is 0.508 e. The van der Waals surface area contributed by atoms with Gasteiger partial charge in [-0.05, 0) is 94.9 Å². The molecule has 0 radical (unpaired) electrons. The molecule has 4 heterocycles. The molecule has 2 aromatic carbocycles. The summed E-state index contributed by atoms with van der Waals surface area (Å²) in [5.74, 6) is -0.0907. The highest BCUT2D eigenvalue weighted by Crippen LogP contribution is 2.31. The minimum Gasteiger partial charge on any atom is -0.508 e. The molecule has 17 heteroatoms. The lowest BCUT2D eigenvalue weighted by atomic mass is 9.92. The maximum absolute atomic E-state index is 12.0. The van der Waals surface area contributed by atoms with E-state index in [1.165, 1.54) is 23.9 Å². The minimum atomic E-state index is -0.288. The van der Waals surface area contributed by atoms with Gasteiger partial charge >= 0.3 is 11.9 Å². The van der Waals surface area contributed by atoms with Gasteiger partial charge in [0.25, 0.3) is 0 Å². The predicted molar refractivity (Wildman–Crippen MR) is 227 cm³/mol. The van der Waals surface area contributed by atoms with Crippen molar-refractivity contribution in [1.82, 2.24) is 20.3 Å². The van der Waals surface area contributed by atoms with Gasteiger partial charge in [0.1, 0.15) is 30.6 Å². The van der Waals surface area contributed by atoms with Crippen LogP contribution in [-0.2, 0) is 32.3 Å². The van der Waals surface area contributed by atoms with Gasteiger partial charge in [0.2, 0.25) is 0 Å². The van der Waals surface area contributed by atoms with Crippen molar-refractivity contribution in [3.8, 4) is 11.5 Å². The molecule has 4 aromatic heterocycles. The number of phenols is 1. The van der Waals surface area contributed by atoms with Crippen LogP contribution in [0.25, 0.3) is 0 Å². The van der Waals surface area contributed by atoms with Crippen molar-refractivity contribution in [3.05, 3.63) is 125 Å². The molecular weight excluding hydrogens is 904 g/mol. The first-order valence-corrected chi connectivity index (χ1v) is 20.2. The highest BCUT2D eigenvalue weighted by molar-refractivity contribution is 9.11. The molecule has 308 valence electrons. The first-order valence-electron chi connectivity index (χ1n) is 17.0. The van der Waals surface area contributed by atoms with Gasteiger partial charge in [0.05, 0.1) is 65.2 Å². The third-order valence-corrected chi connectivity index (χ3v) is 11.0. The Morgan fingerprint density at radius 2 is 1.16 bits per heavy atom. The van der Waals surface area contributed by atoms with Crippen molar-refractivity contribution in [3.63, 3.8) is 0 Å². The summed E-state index contributed by atoms with van der Waals surface area (Å²) in [5, 5.41) is 25.9. The number of esters is 2. The summed E-state index contributed by atoms with van der Waals surface area (Å²) in [4.78, 5) is 34.0. The van der Waals surface area contributed by atoms with Crippen LogP contribution in [0.1, 0.15) is 97.0 Å². The molecule has 6 aromatic rings. The lowest BCUT2D eigenvalue weighted by Crippen LogP contribution is -2.12. The second-order valence-corrected chi connectivity index (χ2v) is 16.2.